The van der Waals surface area contributed by atoms with Crippen molar-refractivity contribution in [1.82, 2.24) is 9.91 Å². The molecule has 0 radical (unpaired) electrons. The van der Waals surface area contributed by atoms with Gasteiger partial charge in [0.15, 0.2) is 0 Å². The smallest absolute Gasteiger partial charge is 0.244 e. The number of anilines is 1. The number of nitrogens with zero attached hydrogens (tertiary/aromatic N) is 4. The van der Waals surface area contributed by atoms with Crippen molar-refractivity contribution in [2.24, 2.45) is 5.10 Å². The number of para-hydroxylation sites is 2. The molecule has 2 aromatic carbocycles. The van der Waals surface area contributed by atoms with Crippen LogP contribution in [0.3, 0.4) is 0 Å². The molecule has 1 fully saturated rings. The number of rotatable bonds is 5. The third-order valence-corrected chi connectivity index (χ3v) is 5.34. The van der Waals surface area contributed by atoms with Gasteiger partial charge >= 0.3 is 0 Å². The van der Waals surface area contributed by atoms with Gasteiger partial charge < -0.3 is 9.64 Å². The van der Waals surface area contributed by atoms with Gasteiger partial charge in [0.1, 0.15) is 5.75 Å². The minimum absolute atomic E-state index is 0.104. The Kier molecular flexibility index (Phi) is 5.58. The molecule has 0 saturated carbocycles. The molecule has 2 aliphatic heterocycles. The lowest BCUT2D eigenvalue weighted by atomic mass is 10.0. The number of carbonyl (C=O) groups excluding carboxylic acids is 1. The quantitative estimate of drug-likeness (QED) is 0.803. The van der Waals surface area contributed by atoms with Crippen LogP contribution in [0.1, 0.15) is 18.4 Å². The highest BCUT2D eigenvalue weighted by Crippen LogP contribution is 2.28. The van der Waals surface area contributed by atoms with Gasteiger partial charge in [0, 0.05) is 39.0 Å². The molecule has 0 spiro atoms. The van der Waals surface area contributed by atoms with Crippen LogP contribution in [0.2, 0.25) is 0 Å². The van der Waals surface area contributed by atoms with Crippen LogP contribution in [0.5, 0.6) is 5.75 Å². The maximum Gasteiger partial charge on any atom is 0.244 e. The van der Waals surface area contributed by atoms with E-state index in [0.29, 0.717) is 19.5 Å². The number of hydrazone groups is 1. The highest BCUT2D eigenvalue weighted by molar-refractivity contribution is 6.04. The number of ether oxygens (including phenoxy) is 1. The number of amides is 1. The highest BCUT2D eigenvalue weighted by Gasteiger charge is 2.26. The topological polar surface area (TPSA) is 48.4 Å². The Bertz CT molecular complexity index is 845. The van der Waals surface area contributed by atoms with Crippen molar-refractivity contribution in [1.29, 1.82) is 0 Å². The predicted octanol–water partition coefficient (Wildman–Crippen LogP) is 2.80. The van der Waals surface area contributed by atoms with Crippen LogP contribution in [0.25, 0.3) is 0 Å². The van der Waals surface area contributed by atoms with Gasteiger partial charge in [-0.15, -0.1) is 0 Å². The first-order valence-corrected chi connectivity index (χ1v) is 9.78. The number of methoxy groups -OCH3 is 1. The molecule has 1 saturated heterocycles. The first kappa shape index (κ1) is 18.5. The molecule has 4 rings (SSSR count). The minimum Gasteiger partial charge on any atom is -0.495 e. The number of carbonyl (C=O) groups is 1. The van der Waals surface area contributed by atoms with Crippen LogP contribution < -0.4 is 9.64 Å². The number of piperazine rings is 1. The molecule has 2 aromatic rings. The molecule has 2 heterocycles. The van der Waals surface area contributed by atoms with Crippen LogP contribution in [0, 0.1) is 0 Å². The van der Waals surface area contributed by atoms with Gasteiger partial charge in [-0.2, -0.15) is 5.10 Å². The third kappa shape index (κ3) is 4.02. The second kappa shape index (κ2) is 8.44. The van der Waals surface area contributed by atoms with Gasteiger partial charge in [0.05, 0.1) is 25.2 Å². The lowest BCUT2D eigenvalue weighted by Crippen LogP contribution is -2.50. The van der Waals surface area contributed by atoms with Crippen LogP contribution in [0.15, 0.2) is 59.7 Å². The van der Waals surface area contributed by atoms with E-state index < -0.39 is 0 Å². The molecular formula is C22H26N4O2. The molecule has 0 atom stereocenters. The Morgan fingerprint density at radius 1 is 0.929 bits per heavy atom. The van der Waals surface area contributed by atoms with Crippen molar-refractivity contribution in [2.45, 2.75) is 12.8 Å². The van der Waals surface area contributed by atoms with Gasteiger partial charge in [0.25, 0.3) is 0 Å². The number of benzene rings is 2. The monoisotopic (exact) mass is 378 g/mol. The highest BCUT2D eigenvalue weighted by atomic mass is 16.5. The summed E-state index contributed by atoms with van der Waals surface area (Å²) in [7, 11) is 1.71. The number of hydrogen-bond acceptors (Lipinski definition) is 5. The lowest BCUT2D eigenvalue weighted by Gasteiger charge is -2.38. The Hall–Kier alpha value is -2.86. The van der Waals surface area contributed by atoms with Crippen LogP contribution in [-0.4, -0.2) is 61.5 Å². The predicted molar refractivity (Wildman–Crippen MR) is 111 cm³/mol. The van der Waals surface area contributed by atoms with Crippen molar-refractivity contribution < 1.29 is 9.53 Å². The van der Waals surface area contributed by atoms with E-state index in [-0.39, 0.29) is 5.91 Å². The fraction of sp³-hybridized carbons (Fsp3) is 0.364. The van der Waals surface area contributed by atoms with Crippen molar-refractivity contribution >= 4 is 17.3 Å². The normalized spacial score (nSPS) is 18.2. The van der Waals surface area contributed by atoms with Gasteiger partial charge in [-0.3, -0.25) is 9.69 Å². The van der Waals surface area contributed by atoms with E-state index in [4.69, 9.17) is 4.74 Å². The maximum atomic E-state index is 12.4. The van der Waals surface area contributed by atoms with E-state index in [0.717, 1.165) is 48.9 Å². The van der Waals surface area contributed by atoms with Gasteiger partial charge in [0.2, 0.25) is 5.91 Å². The largest absolute Gasteiger partial charge is 0.495 e. The summed E-state index contributed by atoms with van der Waals surface area (Å²) in [5.74, 6) is 1.01. The van der Waals surface area contributed by atoms with Gasteiger partial charge in [-0.05, 0) is 17.7 Å². The molecule has 0 N–H and O–H groups in total. The van der Waals surface area contributed by atoms with E-state index in [9.17, 15) is 4.79 Å². The summed E-state index contributed by atoms with van der Waals surface area (Å²) >= 11 is 0. The Labute approximate surface area is 166 Å². The summed E-state index contributed by atoms with van der Waals surface area (Å²) in [6.07, 6.45) is 1.23. The first-order chi connectivity index (χ1) is 13.7. The summed E-state index contributed by atoms with van der Waals surface area (Å²) in [6, 6.07) is 18.2. The van der Waals surface area contributed by atoms with Crippen molar-refractivity contribution in [3.05, 3.63) is 60.2 Å². The zero-order chi connectivity index (χ0) is 19.3. The summed E-state index contributed by atoms with van der Waals surface area (Å²) in [6.45, 7) is 4.13. The molecule has 6 heteroatoms. The Balaban J connectivity index is 1.39. The summed E-state index contributed by atoms with van der Waals surface area (Å²) in [4.78, 5) is 17.0. The molecule has 0 bridgehead atoms. The summed E-state index contributed by atoms with van der Waals surface area (Å²) < 4.78 is 5.49. The van der Waals surface area contributed by atoms with Crippen LogP contribution in [0.4, 0.5) is 5.69 Å². The average Bonchev–Trinajstić information content (AvgIpc) is 2.76. The average molecular weight is 378 g/mol. The first-order valence-electron chi connectivity index (χ1n) is 9.78. The van der Waals surface area contributed by atoms with Crippen molar-refractivity contribution in [3.8, 4) is 5.75 Å². The van der Waals surface area contributed by atoms with Crippen LogP contribution >= 0.6 is 0 Å². The molecule has 28 heavy (non-hydrogen) atoms. The van der Waals surface area contributed by atoms with Crippen molar-refractivity contribution in [3.63, 3.8) is 0 Å². The molecule has 146 valence electrons. The van der Waals surface area contributed by atoms with Gasteiger partial charge in [-0.1, -0.05) is 42.5 Å². The van der Waals surface area contributed by atoms with E-state index in [1.54, 1.807) is 12.1 Å². The molecule has 0 unspecified atom stereocenters. The zero-order valence-electron chi connectivity index (χ0n) is 16.3. The SMILES string of the molecule is COc1ccccc1N1CCN(CN2N=C(c3ccccc3)CCC2=O)CC1. The third-order valence-electron chi connectivity index (χ3n) is 5.34. The summed E-state index contributed by atoms with van der Waals surface area (Å²) in [5.41, 5.74) is 3.22. The van der Waals surface area contributed by atoms with E-state index in [1.165, 1.54) is 0 Å². The van der Waals surface area contributed by atoms with Crippen LogP contribution in [-0.2, 0) is 4.79 Å². The molecule has 0 aliphatic carbocycles. The summed E-state index contributed by atoms with van der Waals surface area (Å²) in [5, 5.41) is 6.30. The Morgan fingerprint density at radius 2 is 1.64 bits per heavy atom. The second-order valence-electron chi connectivity index (χ2n) is 7.12. The van der Waals surface area contributed by atoms with E-state index in [1.807, 2.05) is 36.4 Å². The molecule has 1 amide bonds. The molecule has 0 aromatic heterocycles. The molecular weight excluding hydrogens is 352 g/mol. The fourth-order valence-corrected chi connectivity index (χ4v) is 3.76. The molecule has 2 aliphatic rings. The number of hydrogen-bond donors (Lipinski definition) is 0. The van der Waals surface area contributed by atoms with Gasteiger partial charge in [-0.25, -0.2) is 5.01 Å². The lowest BCUT2D eigenvalue weighted by molar-refractivity contribution is -0.134. The standard InChI is InChI=1S/C22H26N4O2/c1-28-21-10-6-5-9-20(21)25-15-13-24(14-16-25)17-26-22(27)12-11-19(23-26)18-7-3-2-4-8-18/h2-10H,11-17H2,1H3. The van der Waals surface area contributed by atoms with Crippen molar-refractivity contribution in [2.75, 3.05) is 44.9 Å². The second-order valence-corrected chi connectivity index (χ2v) is 7.12. The maximum absolute atomic E-state index is 12.4. The minimum atomic E-state index is 0.104. The zero-order valence-corrected chi connectivity index (χ0v) is 16.3. The Morgan fingerprint density at radius 3 is 2.39 bits per heavy atom. The fourth-order valence-electron chi connectivity index (χ4n) is 3.76. The van der Waals surface area contributed by atoms with E-state index in [2.05, 4.69) is 33.1 Å². The van der Waals surface area contributed by atoms with E-state index >= 15 is 0 Å². The molecule has 6 nitrogen and oxygen atoms in total.